The van der Waals surface area contributed by atoms with E-state index in [1.807, 2.05) is 18.3 Å². The number of nitrogens with zero attached hydrogens (tertiary/aromatic N) is 3. The van der Waals surface area contributed by atoms with Gasteiger partial charge >= 0.3 is 0 Å². The highest BCUT2D eigenvalue weighted by Crippen LogP contribution is 2.42. The third kappa shape index (κ3) is 3.74. The van der Waals surface area contributed by atoms with E-state index in [2.05, 4.69) is 116 Å². The molecule has 0 unspecified atom stereocenters. The lowest BCUT2D eigenvalue weighted by Crippen LogP contribution is -2.30. The minimum absolute atomic E-state index is 0.0609. The van der Waals surface area contributed by atoms with Crippen LogP contribution in [0.3, 0.4) is 0 Å². The summed E-state index contributed by atoms with van der Waals surface area (Å²) in [5, 5.41) is 4.25. The Balaban J connectivity index is 1.67. The van der Waals surface area contributed by atoms with Crippen LogP contribution in [0, 0.1) is 13.8 Å². The van der Waals surface area contributed by atoms with Crippen LogP contribution in [0.25, 0.3) is 5.69 Å². The predicted molar refractivity (Wildman–Crippen MR) is 137 cm³/mol. The summed E-state index contributed by atoms with van der Waals surface area (Å²) in [6, 6.07) is 25.1. The van der Waals surface area contributed by atoms with Crippen molar-refractivity contribution in [1.82, 2.24) is 14.9 Å². The summed E-state index contributed by atoms with van der Waals surface area (Å²) in [7, 11) is 0. The molecule has 2 aromatic carbocycles. The van der Waals surface area contributed by atoms with Gasteiger partial charge in [-0.1, -0.05) is 39.7 Å². The van der Waals surface area contributed by atoms with Crippen LogP contribution >= 0.6 is 28.1 Å². The van der Waals surface area contributed by atoms with Crippen LogP contribution in [0.1, 0.15) is 34.6 Å². The first-order chi connectivity index (χ1) is 15.5. The van der Waals surface area contributed by atoms with Gasteiger partial charge in [-0.05, 0) is 86.2 Å². The van der Waals surface area contributed by atoms with Gasteiger partial charge in [0.2, 0.25) is 0 Å². The van der Waals surface area contributed by atoms with Crippen molar-refractivity contribution >= 4 is 38.9 Å². The second kappa shape index (κ2) is 8.52. The monoisotopic (exact) mass is 502 g/mol. The SMILES string of the molecule is Cc1ccc(-n2cccc2[C@H]2[C@H](c3ccccn3)NC(=S)N2c2ccc(Br)c(C)c2)cc1. The molecular weight excluding hydrogens is 480 g/mol. The number of nitrogens with one attached hydrogen (secondary N) is 1. The van der Waals surface area contributed by atoms with Gasteiger partial charge in [-0.15, -0.1) is 0 Å². The van der Waals surface area contributed by atoms with Crippen molar-refractivity contribution < 1.29 is 0 Å². The highest BCUT2D eigenvalue weighted by atomic mass is 79.9. The highest BCUT2D eigenvalue weighted by molar-refractivity contribution is 9.10. The van der Waals surface area contributed by atoms with Crippen LogP contribution in [0.2, 0.25) is 0 Å². The predicted octanol–water partition coefficient (Wildman–Crippen LogP) is 6.43. The lowest BCUT2D eigenvalue weighted by molar-refractivity contribution is 0.549. The second-order valence-corrected chi connectivity index (χ2v) is 9.31. The minimum atomic E-state index is -0.0771. The van der Waals surface area contributed by atoms with E-state index in [0.29, 0.717) is 5.11 Å². The standard InChI is InChI=1S/C26H23BrN4S/c1-17-8-10-19(11-9-17)30-15-5-7-23(30)25-24(22-6-3-4-14-28-22)29-26(32)31(25)20-12-13-21(27)18(2)16-20/h3-16,24-25H,1-2H3,(H,29,32)/t24-,25-/m0/s1. The first-order valence-electron chi connectivity index (χ1n) is 10.5. The molecule has 0 saturated carbocycles. The van der Waals surface area contributed by atoms with Gasteiger partial charge in [-0.25, -0.2) is 0 Å². The Labute approximate surface area is 202 Å². The molecule has 1 fully saturated rings. The number of hydrogen-bond acceptors (Lipinski definition) is 2. The Hall–Kier alpha value is -2.96. The first-order valence-corrected chi connectivity index (χ1v) is 11.7. The average molecular weight is 503 g/mol. The molecule has 1 N–H and O–H groups in total. The molecule has 1 aliphatic heterocycles. The van der Waals surface area contributed by atoms with Crippen LogP contribution in [-0.2, 0) is 0 Å². The molecule has 4 nitrogen and oxygen atoms in total. The van der Waals surface area contributed by atoms with Crippen LogP contribution in [0.15, 0.2) is 89.7 Å². The van der Waals surface area contributed by atoms with E-state index in [-0.39, 0.29) is 12.1 Å². The van der Waals surface area contributed by atoms with Gasteiger partial charge < -0.3 is 14.8 Å². The molecule has 0 spiro atoms. The summed E-state index contributed by atoms with van der Waals surface area (Å²) < 4.78 is 3.33. The lowest BCUT2D eigenvalue weighted by Gasteiger charge is -2.29. The van der Waals surface area contributed by atoms with Gasteiger partial charge in [0.05, 0.1) is 11.7 Å². The van der Waals surface area contributed by atoms with Gasteiger partial charge in [-0.2, -0.15) is 0 Å². The average Bonchev–Trinajstić information content (AvgIpc) is 3.41. The minimum Gasteiger partial charge on any atom is -0.351 e. The molecule has 1 aliphatic rings. The topological polar surface area (TPSA) is 33.1 Å². The number of halogens is 1. The largest absolute Gasteiger partial charge is 0.351 e. The maximum atomic E-state index is 5.87. The molecule has 160 valence electrons. The molecule has 5 rings (SSSR count). The summed E-state index contributed by atoms with van der Waals surface area (Å²) in [4.78, 5) is 6.88. The summed E-state index contributed by atoms with van der Waals surface area (Å²) in [6.45, 7) is 4.20. The number of aromatic nitrogens is 2. The van der Waals surface area contributed by atoms with Gasteiger partial charge in [0.15, 0.2) is 5.11 Å². The zero-order valence-corrected chi connectivity index (χ0v) is 20.3. The van der Waals surface area contributed by atoms with E-state index >= 15 is 0 Å². The number of thiocarbonyl (C=S) groups is 1. The first kappa shape index (κ1) is 20.9. The smallest absolute Gasteiger partial charge is 0.174 e. The van der Waals surface area contributed by atoms with E-state index < -0.39 is 0 Å². The Morgan fingerprint density at radius 2 is 1.72 bits per heavy atom. The number of hydrogen-bond donors (Lipinski definition) is 1. The van der Waals surface area contributed by atoms with Gasteiger partial charge in [0, 0.05) is 33.9 Å². The Kier molecular flexibility index (Phi) is 5.57. The lowest BCUT2D eigenvalue weighted by atomic mass is 10.0. The molecule has 0 aliphatic carbocycles. The van der Waals surface area contributed by atoms with E-state index in [0.717, 1.165) is 27.2 Å². The molecule has 0 radical (unpaired) electrons. The van der Waals surface area contributed by atoms with E-state index in [9.17, 15) is 0 Å². The molecule has 3 heterocycles. The second-order valence-electron chi connectivity index (χ2n) is 8.07. The van der Waals surface area contributed by atoms with Crippen LogP contribution in [0.5, 0.6) is 0 Å². The summed E-state index contributed by atoms with van der Waals surface area (Å²) >= 11 is 9.49. The summed E-state index contributed by atoms with van der Waals surface area (Å²) in [5.74, 6) is 0. The van der Waals surface area contributed by atoms with Gasteiger partial charge in [0.25, 0.3) is 0 Å². The number of pyridine rings is 1. The molecule has 2 atom stereocenters. The van der Waals surface area contributed by atoms with Crippen molar-refractivity contribution in [2.75, 3.05) is 4.90 Å². The molecular formula is C26H23BrN4S. The zero-order chi connectivity index (χ0) is 22.2. The molecule has 2 aromatic heterocycles. The van der Waals surface area contributed by atoms with Crippen molar-refractivity contribution in [1.29, 1.82) is 0 Å². The van der Waals surface area contributed by atoms with Crippen LogP contribution in [0.4, 0.5) is 5.69 Å². The molecule has 32 heavy (non-hydrogen) atoms. The fraction of sp³-hybridized carbons (Fsp3) is 0.154. The number of aryl methyl sites for hydroxylation is 2. The van der Waals surface area contributed by atoms with Crippen molar-refractivity contribution in [2.24, 2.45) is 0 Å². The van der Waals surface area contributed by atoms with E-state index in [1.54, 1.807) is 0 Å². The molecule has 1 saturated heterocycles. The maximum absolute atomic E-state index is 5.87. The normalized spacial score (nSPS) is 18.1. The summed E-state index contributed by atoms with van der Waals surface area (Å²) in [6.07, 6.45) is 3.95. The Morgan fingerprint density at radius 3 is 2.44 bits per heavy atom. The summed E-state index contributed by atoms with van der Waals surface area (Å²) in [5.41, 5.74) is 6.71. The molecule has 6 heteroatoms. The Morgan fingerprint density at radius 1 is 0.938 bits per heavy atom. The molecule has 0 bridgehead atoms. The maximum Gasteiger partial charge on any atom is 0.174 e. The van der Waals surface area contributed by atoms with Crippen LogP contribution < -0.4 is 10.2 Å². The van der Waals surface area contributed by atoms with Crippen molar-refractivity contribution in [3.05, 3.63) is 112 Å². The van der Waals surface area contributed by atoms with E-state index in [4.69, 9.17) is 12.2 Å². The molecule has 0 amide bonds. The zero-order valence-electron chi connectivity index (χ0n) is 17.9. The fourth-order valence-corrected chi connectivity index (χ4v) is 4.88. The van der Waals surface area contributed by atoms with Crippen molar-refractivity contribution in [3.8, 4) is 5.69 Å². The van der Waals surface area contributed by atoms with Crippen molar-refractivity contribution in [3.63, 3.8) is 0 Å². The van der Waals surface area contributed by atoms with Gasteiger partial charge in [-0.3, -0.25) is 4.98 Å². The number of rotatable bonds is 4. The quantitative estimate of drug-likeness (QED) is 0.326. The van der Waals surface area contributed by atoms with Gasteiger partial charge in [0.1, 0.15) is 6.04 Å². The number of benzene rings is 2. The number of anilines is 1. The third-order valence-electron chi connectivity index (χ3n) is 5.91. The van der Waals surface area contributed by atoms with E-state index in [1.165, 1.54) is 11.1 Å². The van der Waals surface area contributed by atoms with Crippen LogP contribution in [-0.4, -0.2) is 14.7 Å². The highest BCUT2D eigenvalue weighted by Gasteiger charge is 2.42. The third-order valence-corrected chi connectivity index (χ3v) is 7.12. The fourth-order valence-electron chi connectivity index (χ4n) is 4.29. The van der Waals surface area contributed by atoms with Crippen molar-refractivity contribution in [2.45, 2.75) is 25.9 Å². The molecule has 4 aromatic rings. The Bertz CT molecular complexity index is 1270.